The number of piperidine rings is 2. The van der Waals surface area contributed by atoms with E-state index in [2.05, 4.69) is 10.6 Å². The van der Waals surface area contributed by atoms with Crippen LogP contribution in [-0.4, -0.2) is 31.2 Å². The minimum absolute atomic E-state index is 0.186. The Balaban J connectivity index is 2.02. The van der Waals surface area contributed by atoms with Crippen LogP contribution in [0.4, 0.5) is 0 Å². The first kappa shape index (κ1) is 14.9. The molecule has 1 aromatic carbocycles. The van der Waals surface area contributed by atoms with Crippen molar-refractivity contribution in [3.05, 3.63) is 35.4 Å². The SMILES string of the molecule is O=Cc1ccc(C2(C3CCNCC3)CCC(=O)NC2=O)cc1. The molecule has 116 valence electrons. The molecule has 0 saturated carbocycles. The third-order valence-corrected chi connectivity index (χ3v) is 5.00. The number of nitrogens with one attached hydrogen (secondary N) is 2. The molecule has 22 heavy (non-hydrogen) atoms. The lowest BCUT2D eigenvalue weighted by molar-refractivity contribution is -0.140. The zero-order valence-corrected chi connectivity index (χ0v) is 12.4. The van der Waals surface area contributed by atoms with E-state index in [9.17, 15) is 14.4 Å². The highest BCUT2D eigenvalue weighted by Gasteiger charge is 2.49. The van der Waals surface area contributed by atoms with E-state index in [-0.39, 0.29) is 17.7 Å². The number of hydrogen-bond donors (Lipinski definition) is 2. The second-order valence-corrected chi connectivity index (χ2v) is 6.11. The standard InChI is InChI=1S/C17H20N2O3/c20-11-12-1-3-13(4-2-12)17(14-6-9-18-10-7-14)8-5-15(21)19-16(17)22/h1-4,11,14,18H,5-10H2,(H,19,21,22). The molecule has 3 rings (SSSR count). The topological polar surface area (TPSA) is 75.3 Å². The Kier molecular flexibility index (Phi) is 4.07. The number of hydrogen-bond acceptors (Lipinski definition) is 4. The minimum Gasteiger partial charge on any atom is -0.317 e. The van der Waals surface area contributed by atoms with Gasteiger partial charge < -0.3 is 5.32 Å². The Morgan fingerprint density at radius 1 is 1.09 bits per heavy atom. The van der Waals surface area contributed by atoms with Gasteiger partial charge in [-0.05, 0) is 43.8 Å². The van der Waals surface area contributed by atoms with Crippen LogP contribution in [0.5, 0.6) is 0 Å². The zero-order valence-electron chi connectivity index (χ0n) is 12.4. The Bertz CT molecular complexity index is 590. The van der Waals surface area contributed by atoms with Gasteiger partial charge in [-0.1, -0.05) is 24.3 Å². The summed E-state index contributed by atoms with van der Waals surface area (Å²) in [5.74, 6) is -0.169. The molecule has 2 aliphatic rings. The van der Waals surface area contributed by atoms with Crippen LogP contribution in [0.25, 0.3) is 0 Å². The molecule has 2 saturated heterocycles. The number of amides is 2. The van der Waals surface area contributed by atoms with Gasteiger partial charge in [0.05, 0.1) is 5.41 Å². The normalized spacial score (nSPS) is 26.5. The van der Waals surface area contributed by atoms with E-state index in [0.29, 0.717) is 18.4 Å². The zero-order chi connectivity index (χ0) is 15.6. The molecular formula is C17H20N2O3. The van der Waals surface area contributed by atoms with Gasteiger partial charge in [-0.15, -0.1) is 0 Å². The maximum atomic E-state index is 12.8. The quantitative estimate of drug-likeness (QED) is 0.649. The van der Waals surface area contributed by atoms with Gasteiger partial charge in [-0.3, -0.25) is 19.7 Å². The van der Waals surface area contributed by atoms with E-state index < -0.39 is 5.41 Å². The van der Waals surface area contributed by atoms with Crippen LogP contribution in [0.3, 0.4) is 0 Å². The van der Waals surface area contributed by atoms with Crippen molar-refractivity contribution in [1.29, 1.82) is 0 Å². The van der Waals surface area contributed by atoms with Crippen molar-refractivity contribution in [2.45, 2.75) is 31.1 Å². The van der Waals surface area contributed by atoms with Gasteiger partial charge in [0.15, 0.2) is 0 Å². The molecular weight excluding hydrogens is 280 g/mol. The van der Waals surface area contributed by atoms with Crippen molar-refractivity contribution >= 4 is 18.1 Å². The maximum Gasteiger partial charge on any atom is 0.237 e. The predicted octanol–water partition coefficient (Wildman–Crippen LogP) is 1.17. The van der Waals surface area contributed by atoms with Crippen molar-refractivity contribution in [2.24, 2.45) is 5.92 Å². The summed E-state index contributed by atoms with van der Waals surface area (Å²) in [6.07, 6.45) is 3.54. The molecule has 0 spiro atoms. The van der Waals surface area contributed by atoms with Crippen LogP contribution in [0, 0.1) is 5.92 Å². The minimum atomic E-state index is -0.655. The molecule has 0 radical (unpaired) electrons. The Labute approximate surface area is 129 Å². The summed E-state index contributed by atoms with van der Waals surface area (Å²) in [4.78, 5) is 35.2. The Morgan fingerprint density at radius 3 is 2.36 bits per heavy atom. The van der Waals surface area contributed by atoms with E-state index in [1.165, 1.54) is 0 Å². The average Bonchev–Trinajstić information content (AvgIpc) is 2.56. The van der Waals surface area contributed by atoms with E-state index >= 15 is 0 Å². The summed E-state index contributed by atoms with van der Waals surface area (Å²) in [7, 11) is 0. The largest absolute Gasteiger partial charge is 0.317 e. The summed E-state index contributed by atoms with van der Waals surface area (Å²) >= 11 is 0. The molecule has 2 N–H and O–H groups in total. The van der Waals surface area contributed by atoms with Gasteiger partial charge in [0.2, 0.25) is 11.8 Å². The third kappa shape index (κ3) is 2.46. The highest BCUT2D eigenvalue weighted by atomic mass is 16.2. The summed E-state index contributed by atoms with van der Waals surface area (Å²) in [6, 6.07) is 7.21. The second kappa shape index (κ2) is 6.01. The van der Waals surface area contributed by atoms with Crippen LogP contribution in [0.2, 0.25) is 0 Å². The first-order valence-electron chi connectivity index (χ1n) is 7.77. The van der Waals surface area contributed by atoms with Gasteiger partial charge in [0.1, 0.15) is 6.29 Å². The number of carbonyl (C=O) groups is 3. The summed E-state index contributed by atoms with van der Waals surface area (Å²) in [5.41, 5.74) is 0.851. The molecule has 1 atom stereocenters. The molecule has 5 heteroatoms. The van der Waals surface area contributed by atoms with Crippen molar-refractivity contribution in [1.82, 2.24) is 10.6 Å². The van der Waals surface area contributed by atoms with Crippen molar-refractivity contribution < 1.29 is 14.4 Å². The smallest absolute Gasteiger partial charge is 0.237 e. The second-order valence-electron chi connectivity index (χ2n) is 6.11. The van der Waals surface area contributed by atoms with E-state index in [0.717, 1.165) is 37.8 Å². The third-order valence-electron chi connectivity index (χ3n) is 5.00. The summed E-state index contributed by atoms with van der Waals surface area (Å²) in [5, 5.41) is 5.85. The highest BCUT2D eigenvalue weighted by Crippen LogP contribution is 2.43. The van der Waals surface area contributed by atoms with Gasteiger partial charge in [-0.2, -0.15) is 0 Å². The molecule has 2 heterocycles. The molecule has 2 aliphatic heterocycles. The molecule has 1 aromatic rings. The fourth-order valence-corrected chi connectivity index (χ4v) is 3.80. The Morgan fingerprint density at radius 2 is 1.77 bits per heavy atom. The molecule has 0 aliphatic carbocycles. The number of aldehydes is 1. The molecule has 0 bridgehead atoms. The molecule has 2 fully saturated rings. The van der Waals surface area contributed by atoms with Crippen molar-refractivity contribution in [2.75, 3.05) is 13.1 Å². The number of rotatable bonds is 3. The maximum absolute atomic E-state index is 12.8. The van der Waals surface area contributed by atoms with E-state index in [1.807, 2.05) is 12.1 Å². The van der Waals surface area contributed by atoms with Crippen LogP contribution in [0.1, 0.15) is 41.6 Å². The van der Waals surface area contributed by atoms with Crippen LogP contribution < -0.4 is 10.6 Å². The lowest BCUT2D eigenvalue weighted by Gasteiger charge is -2.44. The number of carbonyl (C=O) groups excluding carboxylic acids is 3. The predicted molar refractivity (Wildman–Crippen MR) is 81.5 cm³/mol. The molecule has 2 amide bonds. The van der Waals surface area contributed by atoms with E-state index in [4.69, 9.17) is 0 Å². The fourth-order valence-electron chi connectivity index (χ4n) is 3.80. The lowest BCUT2D eigenvalue weighted by atomic mass is 9.62. The van der Waals surface area contributed by atoms with Crippen LogP contribution in [0.15, 0.2) is 24.3 Å². The van der Waals surface area contributed by atoms with Gasteiger partial charge in [-0.25, -0.2) is 0 Å². The van der Waals surface area contributed by atoms with Gasteiger partial charge in [0.25, 0.3) is 0 Å². The number of imide groups is 1. The highest BCUT2D eigenvalue weighted by molar-refractivity contribution is 6.03. The van der Waals surface area contributed by atoms with Crippen LogP contribution in [-0.2, 0) is 15.0 Å². The van der Waals surface area contributed by atoms with Crippen molar-refractivity contribution in [3.8, 4) is 0 Å². The molecule has 5 nitrogen and oxygen atoms in total. The lowest BCUT2D eigenvalue weighted by Crippen LogP contribution is -2.57. The first-order chi connectivity index (χ1) is 10.7. The van der Waals surface area contributed by atoms with Crippen LogP contribution >= 0.6 is 0 Å². The first-order valence-corrected chi connectivity index (χ1v) is 7.77. The summed E-state index contributed by atoms with van der Waals surface area (Å²) in [6.45, 7) is 1.78. The monoisotopic (exact) mass is 300 g/mol. The number of benzene rings is 1. The van der Waals surface area contributed by atoms with E-state index in [1.54, 1.807) is 12.1 Å². The fraction of sp³-hybridized carbons (Fsp3) is 0.471. The molecule has 0 aromatic heterocycles. The summed E-state index contributed by atoms with van der Waals surface area (Å²) < 4.78 is 0. The molecule has 1 unspecified atom stereocenters. The average molecular weight is 300 g/mol. The van der Waals surface area contributed by atoms with Gasteiger partial charge in [0, 0.05) is 12.0 Å². The van der Waals surface area contributed by atoms with Gasteiger partial charge >= 0.3 is 0 Å². The van der Waals surface area contributed by atoms with Crippen molar-refractivity contribution in [3.63, 3.8) is 0 Å². The Hall–Kier alpha value is -2.01.